The van der Waals surface area contributed by atoms with Gasteiger partial charge in [-0.3, -0.25) is 4.79 Å². The average molecular weight is 381 g/mol. The van der Waals surface area contributed by atoms with Gasteiger partial charge < -0.3 is 19.9 Å². The van der Waals surface area contributed by atoms with Gasteiger partial charge in [-0.15, -0.1) is 12.4 Å². The van der Waals surface area contributed by atoms with Crippen LogP contribution in [0.1, 0.15) is 25.2 Å². The van der Waals surface area contributed by atoms with Crippen LogP contribution in [0.4, 0.5) is 0 Å². The predicted octanol–water partition coefficient (Wildman–Crippen LogP) is 2.30. The number of carbonyl (C=O) groups is 1. The maximum absolute atomic E-state index is 12.3. The lowest BCUT2D eigenvalue weighted by atomic mass is 9.97. The maximum Gasteiger partial charge on any atom is 0.227 e. The third-order valence-corrected chi connectivity index (χ3v) is 4.67. The molecule has 1 aliphatic heterocycles. The highest BCUT2D eigenvalue weighted by molar-refractivity contribution is 5.85. The van der Waals surface area contributed by atoms with E-state index in [-0.39, 0.29) is 18.3 Å². The number of aryl methyl sites for hydroxylation is 1. The van der Waals surface area contributed by atoms with Crippen molar-refractivity contribution in [2.24, 2.45) is 11.7 Å². The van der Waals surface area contributed by atoms with Crippen molar-refractivity contribution in [3.8, 4) is 17.1 Å². The summed E-state index contributed by atoms with van der Waals surface area (Å²) in [7, 11) is 1.62. The molecule has 0 saturated carbocycles. The number of rotatable bonds is 6. The normalized spacial score (nSPS) is 14.8. The molecule has 0 atom stereocenters. The molecule has 1 fully saturated rings. The minimum Gasteiger partial charge on any atom is -0.497 e. The molecule has 2 heterocycles. The van der Waals surface area contributed by atoms with Gasteiger partial charge in [0.2, 0.25) is 17.6 Å². The van der Waals surface area contributed by atoms with Gasteiger partial charge in [-0.2, -0.15) is 4.98 Å². The fraction of sp³-hybridized carbons (Fsp3) is 0.500. The zero-order chi connectivity index (χ0) is 17.6. The topological polar surface area (TPSA) is 94.5 Å². The van der Waals surface area contributed by atoms with Crippen LogP contribution in [-0.4, -0.2) is 47.7 Å². The number of hydrogen-bond acceptors (Lipinski definition) is 6. The zero-order valence-corrected chi connectivity index (χ0v) is 15.7. The van der Waals surface area contributed by atoms with Crippen molar-refractivity contribution in [3.05, 3.63) is 30.2 Å². The summed E-state index contributed by atoms with van der Waals surface area (Å²) < 4.78 is 10.4. The lowest BCUT2D eigenvalue weighted by Gasteiger charge is -2.31. The van der Waals surface area contributed by atoms with Gasteiger partial charge in [-0.25, -0.2) is 0 Å². The number of amides is 1. The number of benzene rings is 1. The summed E-state index contributed by atoms with van der Waals surface area (Å²) >= 11 is 0. The Morgan fingerprint density at radius 1 is 1.31 bits per heavy atom. The number of methoxy groups -OCH3 is 1. The van der Waals surface area contributed by atoms with Crippen molar-refractivity contribution in [3.63, 3.8) is 0 Å². The van der Waals surface area contributed by atoms with E-state index in [1.807, 2.05) is 29.2 Å². The molecule has 1 aromatic heterocycles. The molecule has 0 radical (unpaired) electrons. The molecule has 0 unspecified atom stereocenters. The first-order valence-electron chi connectivity index (χ1n) is 8.64. The summed E-state index contributed by atoms with van der Waals surface area (Å²) in [6.07, 6.45) is 2.82. The smallest absolute Gasteiger partial charge is 0.227 e. The van der Waals surface area contributed by atoms with Crippen molar-refractivity contribution in [2.45, 2.75) is 25.7 Å². The molecule has 1 saturated heterocycles. The number of hydrogen-bond donors (Lipinski definition) is 1. The molecule has 2 N–H and O–H groups in total. The number of carbonyl (C=O) groups excluding carboxylic acids is 1. The van der Waals surface area contributed by atoms with Crippen LogP contribution < -0.4 is 10.5 Å². The number of halogens is 1. The Morgan fingerprint density at radius 3 is 2.62 bits per heavy atom. The molecule has 3 rings (SSSR count). The Hall–Kier alpha value is -2.12. The van der Waals surface area contributed by atoms with E-state index in [9.17, 15) is 4.79 Å². The second-order valence-corrected chi connectivity index (χ2v) is 6.30. The van der Waals surface area contributed by atoms with Crippen LogP contribution in [0.2, 0.25) is 0 Å². The average Bonchev–Trinajstić information content (AvgIpc) is 3.15. The second-order valence-electron chi connectivity index (χ2n) is 6.30. The van der Waals surface area contributed by atoms with E-state index in [1.54, 1.807) is 7.11 Å². The first-order valence-corrected chi connectivity index (χ1v) is 8.64. The van der Waals surface area contributed by atoms with Gasteiger partial charge in [0.05, 0.1) is 7.11 Å². The first-order chi connectivity index (χ1) is 12.2. The van der Waals surface area contributed by atoms with E-state index in [4.69, 9.17) is 15.0 Å². The van der Waals surface area contributed by atoms with E-state index < -0.39 is 0 Å². The summed E-state index contributed by atoms with van der Waals surface area (Å²) in [5.41, 5.74) is 6.54. The van der Waals surface area contributed by atoms with Gasteiger partial charge in [0.15, 0.2) is 0 Å². The Labute approximate surface area is 159 Å². The Bertz CT molecular complexity index is 697. The highest BCUT2D eigenvalue weighted by Crippen LogP contribution is 2.20. The van der Waals surface area contributed by atoms with Crippen LogP contribution >= 0.6 is 12.4 Å². The van der Waals surface area contributed by atoms with Crippen molar-refractivity contribution >= 4 is 18.3 Å². The number of nitrogens with zero attached hydrogens (tertiary/aromatic N) is 3. The number of likely N-dealkylation sites (tertiary alicyclic amines) is 1. The van der Waals surface area contributed by atoms with Gasteiger partial charge in [-0.05, 0) is 49.6 Å². The molecule has 2 aromatic rings. The summed E-state index contributed by atoms with van der Waals surface area (Å²) in [6.45, 7) is 2.29. The fourth-order valence-corrected chi connectivity index (χ4v) is 3.00. The molecule has 26 heavy (non-hydrogen) atoms. The van der Waals surface area contributed by atoms with E-state index in [1.165, 1.54) is 0 Å². The number of aromatic nitrogens is 2. The molecule has 1 amide bonds. The number of piperidine rings is 1. The third-order valence-electron chi connectivity index (χ3n) is 4.67. The van der Waals surface area contributed by atoms with Gasteiger partial charge in [-0.1, -0.05) is 5.16 Å². The zero-order valence-electron chi connectivity index (χ0n) is 14.9. The minimum atomic E-state index is 0. The standard InChI is InChI=1S/C18H24N4O3.ClH/c1-24-15-4-2-14(3-5-15)18-20-16(25-21-18)6-7-17(23)22-10-8-13(12-19)9-11-22;/h2-5,13H,6-12,19H2,1H3;1H. The molecule has 0 spiro atoms. The van der Waals surface area contributed by atoms with Crippen molar-refractivity contribution in [2.75, 3.05) is 26.7 Å². The van der Waals surface area contributed by atoms with Gasteiger partial charge in [0.1, 0.15) is 5.75 Å². The van der Waals surface area contributed by atoms with Gasteiger partial charge >= 0.3 is 0 Å². The lowest BCUT2D eigenvalue weighted by Crippen LogP contribution is -2.40. The van der Waals surface area contributed by atoms with Crippen molar-refractivity contribution in [1.82, 2.24) is 15.0 Å². The predicted molar refractivity (Wildman–Crippen MR) is 100 cm³/mol. The molecule has 142 valence electrons. The first kappa shape index (κ1) is 20.2. The lowest BCUT2D eigenvalue weighted by molar-refractivity contribution is -0.132. The fourth-order valence-electron chi connectivity index (χ4n) is 3.00. The maximum atomic E-state index is 12.3. The van der Waals surface area contributed by atoms with Crippen LogP contribution in [0.5, 0.6) is 5.75 Å². The molecule has 0 aliphatic carbocycles. The SMILES string of the molecule is COc1ccc(-c2noc(CCC(=O)N3CCC(CN)CC3)n2)cc1.Cl. The number of nitrogens with two attached hydrogens (primary N) is 1. The van der Waals surface area contributed by atoms with E-state index in [0.29, 0.717) is 37.0 Å². The van der Waals surface area contributed by atoms with Crippen LogP contribution in [0.15, 0.2) is 28.8 Å². The monoisotopic (exact) mass is 380 g/mol. The number of ether oxygens (including phenoxy) is 1. The summed E-state index contributed by atoms with van der Waals surface area (Å²) in [5, 5.41) is 3.99. The highest BCUT2D eigenvalue weighted by atomic mass is 35.5. The Kier molecular flexibility index (Phi) is 7.41. The largest absolute Gasteiger partial charge is 0.497 e. The molecule has 1 aliphatic rings. The quantitative estimate of drug-likeness (QED) is 0.826. The Morgan fingerprint density at radius 2 is 2.00 bits per heavy atom. The van der Waals surface area contributed by atoms with E-state index >= 15 is 0 Å². The van der Waals surface area contributed by atoms with E-state index in [2.05, 4.69) is 10.1 Å². The van der Waals surface area contributed by atoms with E-state index in [0.717, 1.165) is 37.2 Å². The summed E-state index contributed by atoms with van der Waals surface area (Å²) in [5.74, 6) is 2.47. The molecule has 0 bridgehead atoms. The minimum absolute atomic E-state index is 0. The van der Waals surface area contributed by atoms with Crippen LogP contribution in [0.3, 0.4) is 0 Å². The third kappa shape index (κ3) is 4.95. The second kappa shape index (κ2) is 9.54. The molecule has 8 heteroatoms. The molecule has 7 nitrogen and oxygen atoms in total. The van der Waals surface area contributed by atoms with Crippen LogP contribution in [0, 0.1) is 5.92 Å². The summed E-state index contributed by atoms with van der Waals surface area (Å²) in [4.78, 5) is 18.6. The van der Waals surface area contributed by atoms with Crippen LogP contribution in [0.25, 0.3) is 11.4 Å². The van der Waals surface area contributed by atoms with Crippen molar-refractivity contribution < 1.29 is 14.1 Å². The summed E-state index contributed by atoms with van der Waals surface area (Å²) in [6, 6.07) is 7.44. The van der Waals surface area contributed by atoms with Gasteiger partial charge in [0.25, 0.3) is 0 Å². The molecule has 1 aromatic carbocycles. The van der Waals surface area contributed by atoms with Crippen LogP contribution in [-0.2, 0) is 11.2 Å². The molecular formula is C18H25ClN4O3. The Balaban J connectivity index is 0.00000243. The highest BCUT2D eigenvalue weighted by Gasteiger charge is 2.22. The molecular weight excluding hydrogens is 356 g/mol. The van der Waals surface area contributed by atoms with Crippen molar-refractivity contribution in [1.29, 1.82) is 0 Å². The van der Waals surface area contributed by atoms with Gasteiger partial charge in [0, 0.05) is 31.5 Å².